The molecule has 0 saturated heterocycles. The van der Waals surface area contributed by atoms with E-state index in [-0.39, 0.29) is 0 Å². The third-order valence-corrected chi connectivity index (χ3v) is 5.43. The van der Waals surface area contributed by atoms with Crippen LogP contribution in [0.1, 0.15) is 0 Å². The number of allylic oxidation sites excluding steroid dienone is 2. The molecule has 0 spiro atoms. The Bertz CT molecular complexity index is 542. The van der Waals surface area contributed by atoms with Gasteiger partial charge in [-0.15, -0.1) is 0 Å². The van der Waals surface area contributed by atoms with Crippen LogP contribution in [0, 0.1) is 0 Å². The normalized spacial score (nSPS) is 11.6. The quantitative estimate of drug-likeness (QED) is 0.600. The zero-order valence-electron chi connectivity index (χ0n) is 10.1. The second-order valence-electron chi connectivity index (χ2n) is 3.91. The minimum Gasteiger partial charge on any atom is -0.309 e. The van der Waals surface area contributed by atoms with Crippen LogP contribution in [0.2, 0.25) is 0 Å². The van der Waals surface area contributed by atoms with Gasteiger partial charge in [0.05, 0.1) is 0 Å². The molecule has 1 nitrogen and oxygen atoms in total. The van der Waals surface area contributed by atoms with Gasteiger partial charge in [-0.1, -0.05) is 79.4 Å². The van der Waals surface area contributed by atoms with Crippen LogP contribution < -0.4 is 10.6 Å². The molecule has 0 radical (unpaired) electrons. The Morgan fingerprint density at radius 2 is 1.28 bits per heavy atom. The van der Waals surface area contributed by atoms with E-state index in [1.54, 1.807) is 18.0 Å². The van der Waals surface area contributed by atoms with Crippen LogP contribution >= 0.6 is 7.14 Å². The predicted octanol–water partition coefficient (Wildman–Crippen LogP) is 3.70. The third-order valence-electron chi connectivity index (χ3n) is 2.71. The molecular weight excluding hydrogens is 239 g/mol. The van der Waals surface area contributed by atoms with Crippen molar-refractivity contribution in [1.29, 1.82) is 0 Å². The van der Waals surface area contributed by atoms with Gasteiger partial charge in [0.1, 0.15) is 0 Å². The molecule has 0 aliphatic heterocycles. The molecule has 2 rings (SSSR count). The van der Waals surface area contributed by atoms with E-state index in [1.807, 2.05) is 60.7 Å². The summed E-state index contributed by atoms with van der Waals surface area (Å²) in [4.78, 5) is 0. The van der Waals surface area contributed by atoms with E-state index in [0.717, 1.165) is 10.6 Å². The number of benzene rings is 2. The summed E-state index contributed by atoms with van der Waals surface area (Å²) in [6.45, 7) is 3.64. The molecule has 0 aliphatic carbocycles. The van der Waals surface area contributed by atoms with E-state index in [0.29, 0.717) is 0 Å². The minimum atomic E-state index is -2.69. The molecule has 0 atom stereocenters. The Kier molecular flexibility index (Phi) is 3.96. The van der Waals surface area contributed by atoms with Crippen LogP contribution in [0.5, 0.6) is 0 Å². The Labute approximate surface area is 108 Å². The van der Waals surface area contributed by atoms with Gasteiger partial charge < -0.3 is 4.57 Å². The number of hydrogen-bond donors (Lipinski definition) is 0. The highest BCUT2D eigenvalue weighted by Gasteiger charge is 2.23. The fraction of sp³-hybridized carbons (Fsp3) is 0. The standard InChI is InChI=1S/C16H15OP/c1-2-3-14-18(17,15-10-6-4-7-11-15)16-12-8-5-9-13-16/h2-14H,1H2. The maximum absolute atomic E-state index is 13.2. The van der Waals surface area contributed by atoms with E-state index in [2.05, 4.69) is 6.58 Å². The van der Waals surface area contributed by atoms with Crippen molar-refractivity contribution in [1.82, 2.24) is 0 Å². The summed E-state index contributed by atoms with van der Waals surface area (Å²) in [5.41, 5.74) is 0. The van der Waals surface area contributed by atoms with Crippen molar-refractivity contribution in [3.8, 4) is 0 Å². The van der Waals surface area contributed by atoms with E-state index >= 15 is 0 Å². The maximum Gasteiger partial charge on any atom is 0.164 e. The lowest BCUT2D eigenvalue weighted by molar-refractivity contribution is 0.592. The first kappa shape index (κ1) is 12.6. The molecule has 2 heteroatoms. The van der Waals surface area contributed by atoms with Crippen LogP contribution in [-0.4, -0.2) is 0 Å². The summed E-state index contributed by atoms with van der Waals surface area (Å²) in [5.74, 6) is 1.75. The maximum atomic E-state index is 13.2. The van der Waals surface area contributed by atoms with Gasteiger partial charge in [0.2, 0.25) is 0 Å². The molecule has 0 unspecified atom stereocenters. The van der Waals surface area contributed by atoms with E-state index in [9.17, 15) is 4.57 Å². The predicted molar refractivity (Wildman–Crippen MR) is 79.1 cm³/mol. The average Bonchev–Trinajstić information content (AvgIpc) is 2.46. The van der Waals surface area contributed by atoms with Crippen LogP contribution in [0.25, 0.3) is 0 Å². The SMILES string of the molecule is C=CC=CP(=O)(c1ccccc1)c1ccccc1. The van der Waals surface area contributed by atoms with Gasteiger partial charge >= 0.3 is 0 Å². The first-order valence-corrected chi connectivity index (χ1v) is 7.56. The molecule has 0 saturated carbocycles. The molecule has 0 aliphatic rings. The van der Waals surface area contributed by atoms with Crippen molar-refractivity contribution in [2.75, 3.05) is 0 Å². The molecular formula is C16H15OP. The summed E-state index contributed by atoms with van der Waals surface area (Å²) in [7, 11) is -2.69. The molecule has 0 amide bonds. The van der Waals surface area contributed by atoms with Crippen LogP contribution in [0.4, 0.5) is 0 Å². The fourth-order valence-corrected chi connectivity index (χ4v) is 4.04. The highest BCUT2D eigenvalue weighted by molar-refractivity contribution is 7.81. The Morgan fingerprint density at radius 3 is 1.67 bits per heavy atom. The highest BCUT2D eigenvalue weighted by atomic mass is 31.2. The summed E-state index contributed by atoms with van der Waals surface area (Å²) in [6, 6.07) is 19.1. The highest BCUT2D eigenvalue weighted by Crippen LogP contribution is 2.44. The van der Waals surface area contributed by atoms with Crippen LogP contribution in [0.3, 0.4) is 0 Å². The largest absolute Gasteiger partial charge is 0.309 e. The van der Waals surface area contributed by atoms with Crippen molar-refractivity contribution in [3.05, 3.63) is 85.2 Å². The van der Waals surface area contributed by atoms with Gasteiger partial charge in [-0.2, -0.15) is 0 Å². The first-order valence-electron chi connectivity index (χ1n) is 5.78. The van der Waals surface area contributed by atoms with Gasteiger partial charge in [0.25, 0.3) is 0 Å². The summed E-state index contributed by atoms with van der Waals surface area (Å²) >= 11 is 0. The molecule has 0 aromatic heterocycles. The lowest BCUT2D eigenvalue weighted by Crippen LogP contribution is -2.13. The Balaban J connectivity index is 2.59. The van der Waals surface area contributed by atoms with Crippen molar-refractivity contribution in [3.63, 3.8) is 0 Å². The van der Waals surface area contributed by atoms with Gasteiger partial charge in [-0.3, -0.25) is 0 Å². The van der Waals surface area contributed by atoms with Gasteiger partial charge in [-0.25, -0.2) is 0 Å². The van der Waals surface area contributed by atoms with Crippen molar-refractivity contribution < 1.29 is 4.57 Å². The first-order chi connectivity index (χ1) is 8.77. The van der Waals surface area contributed by atoms with Gasteiger partial charge in [-0.05, 0) is 5.82 Å². The van der Waals surface area contributed by atoms with Crippen molar-refractivity contribution in [2.24, 2.45) is 0 Å². The molecule has 18 heavy (non-hydrogen) atoms. The van der Waals surface area contributed by atoms with Crippen molar-refractivity contribution >= 4 is 17.8 Å². The number of rotatable bonds is 4. The van der Waals surface area contributed by atoms with E-state index < -0.39 is 7.14 Å². The van der Waals surface area contributed by atoms with Gasteiger partial charge in [0, 0.05) is 10.6 Å². The molecule has 2 aromatic rings. The average molecular weight is 254 g/mol. The summed E-state index contributed by atoms with van der Waals surface area (Å²) in [6.07, 6.45) is 3.40. The zero-order chi connectivity index (χ0) is 12.8. The van der Waals surface area contributed by atoms with Crippen LogP contribution in [0.15, 0.2) is 85.2 Å². The molecule has 90 valence electrons. The molecule has 2 aromatic carbocycles. The van der Waals surface area contributed by atoms with Crippen molar-refractivity contribution in [2.45, 2.75) is 0 Å². The minimum absolute atomic E-state index is 0.842. The molecule has 0 heterocycles. The topological polar surface area (TPSA) is 17.1 Å². The fourth-order valence-electron chi connectivity index (χ4n) is 1.80. The summed E-state index contributed by atoms with van der Waals surface area (Å²) < 4.78 is 13.2. The Hall–Kier alpha value is -1.85. The smallest absolute Gasteiger partial charge is 0.164 e. The zero-order valence-corrected chi connectivity index (χ0v) is 11.0. The Morgan fingerprint density at radius 1 is 0.833 bits per heavy atom. The van der Waals surface area contributed by atoms with Gasteiger partial charge in [0.15, 0.2) is 7.14 Å². The molecule has 0 bridgehead atoms. The second-order valence-corrected chi connectivity index (χ2v) is 6.55. The lowest BCUT2D eigenvalue weighted by atomic mass is 10.4. The molecule has 0 fully saturated rings. The lowest BCUT2D eigenvalue weighted by Gasteiger charge is -2.14. The van der Waals surface area contributed by atoms with Crippen LogP contribution in [-0.2, 0) is 4.57 Å². The van der Waals surface area contributed by atoms with E-state index in [4.69, 9.17) is 0 Å². The second kappa shape index (κ2) is 5.66. The third kappa shape index (κ3) is 2.52. The van der Waals surface area contributed by atoms with E-state index in [1.165, 1.54) is 0 Å². The number of hydrogen-bond acceptors (Lipinski definition) is 1. The molecule has 0 N–H and O–H groups in total. The monoisotopic (exact) mass is 254 g/mol. The summed E-state index contributed by atoms with van der Waals surface area (Å²) in [5, 5.41) is 1.68.